The molecule has 0 saturated carbocycles. The number of rotatable bonds is 10. The standard InChI is InChI=1S/C32H33ClN4O3S/c1-2-40-29(39)20-26-31(34)41-32(35-26)28(38)21-36-16-18-37(19-17-36)27-11-7-6-10-25(27)30(22-8-4-3-5-9-22)23-12-14-24(33)15-13-23/h3-15,30H,2,16-21,34H2,1H3. The highest BCUT2D eigenvalue weighted by Crippen LogP contribution is 2.38. The second-order valence-electron chi connectivity index (χ2n) is 9.95. The number of Topliss-reactive ketones (excluding diaryl/α,β-unsaturated/α-hetero) is 1. The van der Waals surface area contributed by atoms with Gasteiger partial charge in [0.2, 0.25) is 5.78 Å². The van der Waals surface area contributed by atoms with Gasteiger partial charge in [-0.1, -0.05) is 83.6 Å². The number of piperazine rings is 1. The number of para-hydroxylation sites is 1. The zero-order valence-corrected chi connectivity index (χ0v) is 24.5. The van der Waals surface area contributed by atoms with Gasteiger partial charge in [0.15, 0.2) is 5.01 Å². The van der Waals surface area contributed by atoms with Gasteiger partial charge in [0.1, 0.15) is 5.00 Å². The number of carbonyl (C=O) groups excluding carboxylic acids is 2. The Hall–Kier alpha value is -3.72. The minimum absolute atomic E-state index is 0.0263. The van der Waals surface area contributed by atoms with E-state index in [0.29, 0.717) is 22.3 Å². The number of ketones is 1. The summed E-state index contributed by atoms with van der Waals surface area (Å²) in [6, 6.07) is 27.2. The summed E-state index contributed by atoms with van der Waals surface area (Å²) in [5.41, 5.74) is 11.3. The van der Waals surface area contributed by atoms with Crippen molar-refractivity contribution in [2.75, 3.05) is 50.0 Å². The van der Waals surface area contributed by atoms with E-state index in [1.807, 2.05) is 18.2 Å². The van der Waals surface area contributed by atoms with Crippen LogP contribution in [-0.2, 0) is 16.0 Å². The van der Waals surface area contributed by atoms with Crippen LogP contribution in [-0.4, -0.2) is 61.0 Å². The Morgan fingerprint density at radius 2 is 1.61 bits per heavy atom. The van der Waals surface area contributed by atoms with Crippen molar-refractivity contribution in [2.24, 2.45) is 0 Å². The Bertz CT molecular complexity index is 1480. The molecule has 1 aliphatic heterocycles. The second-order valence-corrected chi connectivity index (χ2v) is 11.4. The van der Waals surface area contributed by atoms with Crippen LogP contribution in [0.5, 0.6) is 0 Å². The molecule has 1 aliphatic rings. The van der Waals surface area contributed by atoms with E-state index in [-0.39, 0.29) is 24.7 Å². The van der Waals surface area contributed by atoms with Crippen molar-refractivity contribution < 1.29 is 14.3 Å². The summed E-state index contributed by atoms with van der Waals surface area (Å²) in [4.78, 5) is 33.8. The highest BCUT2D eigenvalue weighted by molar-refractivity contribution is 7.17. The van der Waals surface area contributed by atoms with Crippen molar-refractivity contribution >= 4 is 45.4 Å². The average molecular weight is 589 g/mol. The summed E-state index contributed by atoms with van der Waals surface area (Å²) >= 11 is 7.36. The van der Waals surface area contributed by atoms with Crippen LogP contribution in [0.2, 0.25) is 5.02 Å². The molecule has 1 fully saturated rings. The van der Waals surface area contributed by atoms with Crippen LogP contribution >= 0.6 is 22.9 Å². The van der Waals surface area contributed by atoms with E-state index in [1.54, 1.807) is 6.92 Å². The molecule has 0 amide bonds. The number of nitrogen functional groups attached to an aromatic ring is 1. The number of hydrogen-bond donors (Lipinski definition) is 1. The Morgan fingerprint density at radius 3 is 2.32 bits per heavy atom. The zero-order valence-electron chi connectivity index (χ0n) is 23.0. The number of nitrogens with zero attached hydrogens (tertiary/aromatic N) is 3. The molecule has 1 saturated heterocycles. The molecule has 1 unspecified atom stereocenters. The van der Waals surface area contributed by atoms with E-state index in [4.69, 9.17) is 22.1 Å². The van der Waals surface area contributed by atoms with Crippen molar-refractivity contribution in [3.05, 3.63) is 111 Å². The molecule has 212 valence electrons. The molecule has 1 atom stereocenters. The zero-order chi connectivity index (χ0) is 28.8. The van der Waals surface area contributed by atoms with Crippen LogP contribution in [0.1, 0.15) is 45.0 Å². The van der Waals surface area contributed by atoms with Gasteiger partial charge in [-0.05, 0) is 41.8 Å². The number of anilines is 2. The molecule has 9 heteroatoms. The van der Waals surface area contributed by atoms with E-state index in [1.165, 1.54) is 22.4 Å². The minimum atomic E-state index is -0.398. The van der Waals surface area contributed by atoms with E-state index in [0.717, 1.165) is 42.5 Å². The van der Waals surface area contributed by atoms with Crippen molar-refractivity contribution in [1.29, 1.82) is 0 Å². The molecule has 4 aromatic rings. The maximum atomic E-state index is 13.0. The van der Waals surface area contributed by atoms with Crippen molar-refractivity contribution in [2.45, 2.75) is 19.3 Å². The summed E-state index contributed by atoms with van der Waals surface area (Å²) in [6.45, 7) is 5.37. The summed E-state index contributed by atoms with van der Waals surface area (Å²) < 4.78 is 4.98. The lowest BCUT2D eigenvalue weighted by atomic mass is 9.84. The predicted molar refractivity (Wildman–Crippen MR) is 165 cm³/mol. The fourth-order valence-corrected chi connectivity index (χ4v) is 6.15. The third-order valence-electron chi connectivity index (χ3n) is 7.25. The number of aromatic nitrogens is 1. The molecule has 3 aromatic carbocycles. The second kappa shape index (κ2) is 13.3. The largest absolute Gasteiger partial charge is 0.466 e. The smallest absolute Gasteiger partial charge is 0.311 e. The molecular weight excluding hydrogens is 556 g/mol. The summed E-state index contributed by atoms with van der Waals surface area (Å²) in [6.07, 6.45) is -0.0263. The Morgan fingerprint density at radius 1 is 0.951 bits per heavy atom. The van der Waals surface area contributed by atoms with Gasteiger partial charge >= 0.3 is 5.97 Å². The third kappa shape index (κ3) is 6.96. The predicted octanol–water partition coefficient (Wildman–Crippen LogP) is 5.67. The molecule has 1 aromatic heterocycles. The van der Waals surface area contributed by atoms with Crippen LogP contribution in [0.3, 0.4) is 0 Å². The van der Waals surface area contributed by atoms with Gasteiger partial charge < -0.3 is 15.4 Å². The number of carbonyl (C=O) groups is 2. The van der Waals surface area contributed by atoms with Gasteiger partial charge in [-0.2, -0.15) is 0 Å². The molecule has 0 spiro atoms. The first-order chi connectivity index (χ1) is 19.9. The fourth-order valence-electron chi connectivity index (χ4n) is 5.25. The maximum absolute atomic E-state index is 13.0. The number of nitrogens with two attached hydrogens (primary N) is 1. The molecule has 0 radical (unpaired) electrons. The first kappa shape index (κ1) is 28.8. The van der Waals surface area contributed by atoms with E-state index in [2.05, 4.69) is 75.4 Å². The Balaban J connectivity index is 1.29. The summed E-state index contributed by atoms with van der Waals surface area (Å²) in [7, 11) is 0. The van der Waals surface area contributed by atoms with Gasteiger partial charge in [-0.15, -0.1) is 0 Å². The summed E-state index contributed by atoms with van der Waals surface area (Å²) in [5, 5.41) is 1.44. The molecule has 7 nitrogen and oxygen atoms in total. The molecule has 5 rings (SSSR count). The Kier molecular flexibility index (Phi) is 9.34. The number of ether oxygens (including phenoxy) is 1. The van der Waals surface area contributed by atoms with E-state index >= 15 is 0 Å². The minimum Gasteiger partial charge on any atom is -0.466 e. The number of esters is 1. The lowest BCUT2D eigenvalue weighted by Gasteiger charge is -2.37. The number of thiazole rings is 1. The molecule has 2 heterocycles. The topological polar surface area (TPSA) is 88.8 Å². The van der Waals surface area contributed by atoms with Gasteiger partial charge in [0, 0.05) is 42.8 Å². The maximum Gasteiger partial charge on any atom is 0.311 e. The molecule has 0 aliphatic carbocycles. The van der Waals surface area contributed by atoms with Crippen LogP contribution in [0.15, 0.2) is 78.9 Å². The van der Waals surface area contributed by atoms with Crippen molar-refractivity contribution in [3.8, 4) is 0 Å². The number of hydrogen-bond acceptors (Lipinski definition) is 8. The average Bonchev–Trinajstić information content (AvgIpc) is 3.35. The van der Waals surface area contributed by atoms with Gasteiger partial charge in [-0.25, -0.2) is 4.98 Å². The van der Waals surface area contributed by atoms with Crippen LogP contribution in [0.4, 0.5) is 10.7 Å². The van der Waals surface area contributed by atoms with E-state index < -0.39 is 5.97 Å². The highest BCUT2D eigenvalue weighted by atomic mass is 35.5. The van der Waals surface area contributed by atoms with Crippen molar-refractivity contribution in [1.82, 2.24) is 9.88 Å². The number of benzene rings is 3. The third-order valence-corrected chi connectivity index (χ3v) is 8.47. The van der Waals surface area contributed by atoms with Crippen LogP contribution < -0.4 is 10.6 Å². The lowest BCUT2D eigenvalue weighted by molar-refractivity contribution is -0.142. The molecule has 0 bridgehead atoms. The quantitative estimate of drug-likeness (QED) is 0.145. The highest BCUT2D eigenvalue weighted by Gasteiger charge is 2.26. The summed E-state index contributed by atoms with van der Waals surface area (Å²) in [5.74, 6) is -0.425. The van der Waals surface area contributed by atoms with Gasteiger partial charge in [0.05, 0.1) is 25.3 Å². The lowest BCUT2D eigenvalue weighted by Crippen LogP contribution is -2.48. The van der Waals surface area contributed by atoms with Crippen LogP contribution in [0.25, 0.3) is 0 Å². The van der Waals surface area contributed by atoms with E-state index in [9.17, 15) is 9.59 Å². The molecule has 2 N–H and O–H groups in total. The number of halogens is 1. The Labute approximate surface area is 249 Å². The van der Waals surface area contributed by atoms with Gasteiger partial charge in [-0.3, -0.25) is 14.5 Å². The monoisotopic (exact) mass is 588 g/mol. The first-order valence-corrected chi connectivity index (χ1v) is 14.9. The SMILES string of the molecule is CCOC(=O)Cc1nc(C(=O)CN2CCN(c3ccccc3C(c3ccccc3)c3ccc(Cl)cc3)CC2)sc1N. The molecule has 41 heavy (non-hydrogen) atoms. The normalized spacial score (nSPS) is 14.5. The van der Waals surface area contributed by atoms with Crippen molar-refractivity contribution in [3.63, 3.8) is 0 Å². The first-order valence-electron chi connectivity index (χ1n) is 13.7. The molecular formula is C32H33ClN4O3S. The fraction of sp³-hybridized carbons (Fsp3) is 0.281. The van der Waals surface area contributed by atoms with Gasteiger partial charge in [0.25, 0.3) is 0 Å². The van der Waals surface area contributed by atoms with Crippen LogP contribution in [0, 0.1) is 0 Å².